The van der Waals surface area contributed by atoms with Gasteiger partial charge in [0, 0.05) is 33.3 Å². The maximum absolute atomic E-state index is 10.0. The van der Waals surface area contributed by atoms with E-state index in [0.717, 1.165) is 23.0 Å². The summed E-state index contributed by atoms with van der Waals surface area (Å²) in [7, 11) is 0. The number of rotatable bonds is 1. The molecule has 1 atom stereocenters. The minimum absolute atomic E-state index is 0.285. The van der Waals surface area contributed by atoms with Gasteiger partial charge in [-0.15, -0.1) is 11.6 Å². The molecule has 0 amide bonds. The molecule has 1 aliphatic heterocycles. The number of phenols is 1. The van der Waals surface area contributed by atoms with Crippen LogP contribution < -0.4 is 5.32 Å². The Morgan fingerprint density at radius 2 is 2.24 bits per heavy atom. The molecule has 0 saturated heterocycles. The van der Waals surface area contributed by atoms with Crippen LogP contribution in [0.25, 0.3) is 10.8 Å². The third kappa shape index (κ3) is 1.60. The summed E-state index contributed by atoms with van der Waals surface area (Å²) < 4.78 is 0. The predicted molar refractivity (Wildman–Crippen MR) is 70.5 cm³/mol. The molecule has 88 valence electrons. The maximum atomic E-state index is 10.0. The van der Waals surface area contributed by atoms with Crippen molar-refractivity contribution in [1.82, 2.24) is 0 Å². The second-order valence-electron chi connectivity index (χ2n) is 4.35. The van der Waals surface area contributed by atoms with E-state index in [1.165, 1.54) is 5.56 Å². The van der Waals surface area contributed by atoms with Crippen LogP contribution in [0.3, 0.4) is 0 Å². The first-order chi connectivity index (χ1) is 8.22. The molecule has 1 heterocycles. The molecule has 0 spiro atoms. The van der Waals surface area contributed by atoms with Gasteiger partial charge in [-0.25, -0.2) is 0 Å². The molecule has 0 saturated carbocycles. The molecule has 4 heteroatoms. The molecular weight excluding hydrogens is 257 g/mol. The third-order valence-corrected chi connectivity index (χ3v) is 4.07. The van der Waals surface area contributed by atoms with Crippen LogP contribution in [0.4, 0.5) is 5.69 Å². The molecule has 17 heavy (non-hydrogen) atoms. The van der Waals surface area contributed by atoms with Crippen LogP contribution in [0.1, 0.15) is 11.5 Å². The van der Waals surface area contributed by atoms with Gasteiger partial charge in [-0.05, 0) is 6.07 Å². The van der Waals surface area contributed by atoms with Crippen LogP contribution in [0.5, 0.6) is 5.75 Å². The van der Waals surface area contributed by atoms with E-state index in [2.05, 4.69) is 5.32 Å². The molecule has 3 N–H and O–H groups in total. The number of quaternary nitrogens is 1. The van der Waals surface area contributed by atoms with Crippen molar-refractivity contribution in [3.63, 3.8) is 0 Å². The fraction of sp³-hybridized carbons (Fsp3) is 0.231. The average molecular weight is 269 g/mol. The molecule has 0 radical (unpaired) electrons. The van der Waals surface area contributed by atoms with Crippen molar-refractivity contribution in [3.8, 4) is 5.75 Å². The van der Waals surface area contributed by atoms with Gasteiger partial charge in [0.1, 0.15) is 11.4 Å². The molecule has 2 nitrogen and oxygen atoms in total. The fourth-order valence-corrected chi connectivity index (χ4v) is 3.15. The number of alkyl halides is 1. The number of aromatic hydroxyl groups is 1. The Hall–Kier alpha value is -0.960. The number of benzene rings is 2. The van der Waals surface area contributed by atoms with E-state index in [0.29, 0.717) is 16.8 Å². The van der Waals surface area contributed by atoms with Crippen LogP contribution >= 0.6 is 23.2 Å². The number of phenolic OH excluding ortho intramolecular Hbond substituents is 1. The molecule has 3 rings (SSSR count). The zero-order valence-corrected chi connectivity index (χ0v) is 10.6. The Morgan fingerprint density at radius 3 is 3.00 bits per heavy atom. The van der Waals surface area contributed by atoms with E-state index < -0.39 is 0 Å². The van der Waals surface area contributed by atoms with Crippen LogP contribution in [0.2, 0.25) is 5.02 Å². The van der Waals surface area contributed by atoms with Crippen molar-refractivity contribution >= 4 is 39.7 Å². The lowest BCUT2D eigenvalue weighted by Gasteiger charge is -2.10. The molecule has 1 aliphatic rings. The van der Waals surface area contributed by atoms with E-state index in [4.69, 9.17) is 23.2 Å². The van der Waals surface area contributed by atoms with E-state index in [1.54, 1.807) is 6.07 Å². The molecule has 0 fully saturated rings. The van der Waals surface area contributed by atoms with Crippen LogP contribution in [0, 0.1) is 0 Å². The lowest BCUT2D eigenvalue weighted by molar-refractivity contribution is -0.563. The van der Waals surface area contributed by atoms with Crippen molar-refractivity contribution in [2.45, 2.75) is 5.92 Å². The summed E-state index contributed by atoms with van der Waals surface area (Å²) in [5.74, 6) is 1.16. The van der Waals surface area contributed by atoms with Crippen molar-refractivity contribution in [3.05, 3.63) is 34.9 Å². The second kappa shape index (κ2) is 4.05. The van der Waals surface area contributed by atoms with E-state index >= 15 is 0 Å². The molecule has 0 aliphatic carbocycles. The highest BCUT2D eigenvalue weighted by Gasteiger charge is 2.30. The maximum Gasteiger partial charge on any atom is 0.137 e. The second-order valence-corrected chi connectivity index (χ2v) is 5.07. The summed E-state index contributed by atoms with van der Waals surface area (Å²) in [5.41, 5.74) is 2.24. The minimum atomic E-state index is 0.285. The van der Waals surface area contributed by atoms with E-state index in [1.807, 2.05) is 18.2 Å². The lowest BCUT2D eigenvalue weighted by atomic mass is 9.95. The van der Waals surface area contributed by atoms with Crippen molar-refractivity contribution < 1.29 is 10.4 Å². The van der Waals surface area contributed by atoms with E-state index in [9.17, 15) is 5.11 Å². The van der Waals surface area contributed by atoms with Crippen LogP contribution in [-0.2, 0) is 0 Å². The largest absolute Gasteiger partial charge is 0.507 e. The predicted octanol–water partition coefficient (Wildman–Crippen LogP) is 2.73. The molecule has 2 aromatic rings. The first kappa shape index (κ1) is 11.1. The van der Waals surface area contributed by atoms with Gasteiger partial charge in [-0.2, -0.15) is 0 Å². The summed E-state index contributed by atoms with van der Waals surface area (Å²) in [5, 5.41) is 14.6. The Labute approximate surface area is 109 Å². The Kier molecular flexibility index (Phi) is 2.66. The Bertz CT molecular complexity index is 597. The number of fused-ring (bicyclic) bond motifs is 3. The molecular formula is C13H12Cl2NO+. The quantitative estimate of drug-likeness (QED) is 0.606. The minimum Gasteiger partial charge on any atom is -0.507 e. The van der Waals surface area contributed by atoms with Gasteiger partial charge in [0.05, 0.1) is 12.5 Å². The number of nitrogens with two attached hydrogens (primary N) is 1. The SMILES string of the molecule is Oc1cc2c(c3c(Cl)cccc13)C(CCl)C[NH2+]2. The lowest BCUT2D eigenvalue weighted by Crippen LogP contribution is -2.76. The van der Waals surface area contributed by atoms with Gasteiger partial charge in [0.15, 0.2) is 0 Å². The van der Waals surface area contributed by atoms with Gasteiger partial charge < -0.3 is 10.4 Å². The zero-order chi connectivity index (χ0) is 12.0. The van der Waals surface area contributed by atoms with Gasteiger partial charge in [0.2, 0.25) is 0 Å². The fourth-order valence-electron chi connectivity index (χ4n) is 2.59. The highest BCUT2D eigenvalue weighted by molar-refractivity contribution is 6.36. The van der Waals surface area contributed by atoms with Gasteiger partial charge in [0.25, 0.3) is 0 Å². The highest BCUT2D eigenvalue weighted by atomic mass is 35.5. The summed E-state index contributed by atoms with van der Waals surface area (Å²) in [6, 6.07) is 7.40. The molecule has 1 unspecified atom stereocenters. The normalized spacial score (nSPS) is 18.6. The monoisotopic (exact) mass is 268 g/mol. The van der Waals surface area contributed by atoms with Crippen molar-refractivity contribution in [2.75, 3.05) is 12.4 Å². The Morgan fingerprint density at radius 1 is 1.41 bits per heavy atom. The standard InChI is InChI=1S/C13H11Cl2NO/c14-5-7-6-16-10-4-11(17)8-2-1-3-9(15)13(8)12(7)10/h1-4,7,16-17H,5-6H2/p+1. The zero-order valence-electron chi connectivity index (χ0n) is 9.08. The number of halogens is 2. The summed E-state index contributed by atoms with van der Waals surface area (Å²) in [6.45, 7) is 0.919. The van der Waals surface area contributed by atoms with Gasteiger partial charge in [-0.3, -0.25) is 0 Å². The van der Waals surface area contributed by atoms with Crippen molar-refractivity contribution in [1.29, 1.82) is 0 Å². The molecule has 0 aromatic heterocycles. The summed E-state index contributed by atoms with van der Waals surface area (Å²) in [6.07, 6.45) is 0. The van der Waals surface area contributed by atoms with Crippen LogP contribution in [-0.4, -0.2) is 17.5 Å². The molecule has 0 bridgehead atoms. The average Bonchev–Trinajstić information content (AvgIpc) is 2.72. The summed E-state index contributed by atoms with van der Waals surface area (Å²) in [4.78, 5) is 0. The number of hydrogen-bond acceptors (Lipinski definition) is 1. The van der Waals surface area contributed by atoms with Crippen LogP contribution in [0.15, 0.2) is 24.3 Å². The smallest absolute Gasteiger partial charge is 0.137 e. The first-order valence-corrected chi connectivity index (χ1v) is 6.47. The number of hydrogen-bond donors (Lipinski definition) is 2. The van der Waals surface area contributed by atoms with Gasteiger partial charge in [-0.1, -0.05) is 23.7 Å². The molecule has 2 aromatic carbocycles. The third-order valence-electron chi connectivity index (χ3n) is 3.38. The van der Waals surface area contributed by atoms with Gasteiger partial charge >= 0.3 is 0 Å². The summed E-state index contributed by atoms with van der Waals surface area (Å²) >= 11 is 12.3. The van der Waals surface area contributed by atoms with E-state index in [-0.39, 0.29) is 5.75 Å². The van der Waals surface area contributed by atoms with Crippen molar-refractivity contribution in [2.24, 2.45) is 0 Å². The Balaban J connectivity index is 2.43. The first-order valence-electron chi connectivity index (χ1n) is 5.55. The topological polar surface area (TPSA) is 36.8 Å². The highest BCUT2D eigenvalue weighted by Crippen LogP contribution is 2.41.